The molecule has 2 aromatic rings. The van der Waals surface area contributed by atoms with E-state index in [1.807, 2.05) is 12.1 Å². The summed E-state index contributed by atoms with van der Waals surface area (Å²) < 4.78 is 5.06. The van der Waals surface area contributed by atoms with Gasteiger partial charge in [-0.05, 0) is 17.7 Å². The van der Waals surface area contributed by atoms with Crippen molar-refractivity contribution in [2.45, 2.75) is 0 Å². The molecule has 2 heterocycles. The second kappa shape index (κ2) is 4.69. The summed E-state index contributed by atoms with van der Waals surface area (Å²) in [4.78, 5) is 18.1. The Hall–Kier alpha value is -2.30. The van der Waals surface area contributed by atoms with E-state index in [1.54, 1.807) is 32.6 Å². The summed E-state index contributed by atoms with van der Waals surface area (Å²) in [6, 6.07) is 5.45. The Labute approximate surface area is 98.5 Å². The van der Waals surface area contributed by atoms with Crippen molar-refractivity contribution in [1.29, 1.82) is 0 Å². The molecule has 0 aromatic carbocycles. The van der Waals surface area contributed by atoms with Crippen molar-refractivity contribution in [2.75, 3.05) is 19.5 Å². The fourth-order valence-corrected chi connectivity index (χ4v) is 1.54. The zero-order chi connectivity index (χ0) is 12.3. The van der Waals surface area contributed by atoms with Gasteiger partial charge in [-0.2, -0.15) is 0 Å². The number of hydrogen-bond acceptors (Lipinski definition) is 4. The van der Waals surface area contributed by atoms with Gasteiger partial charge < -0.3 is 15.0 Å². The Morgan fingerprint density at radius 3 is 2.88 bits per heavy atom. The zero-order valence-electron chi connectivity index (χ0n) is 9.65. The molecule has 0 aliphatic carbocycles. The average molecular weight is 231 g/mol. The number of nitrogens with zero attached hydrogens (tertiary/aromatic N) is 1. The Bertz CT molecular complexity index is 578. The van der Waals surface area contributed by atoms with Crippen molar-refractivity contribution >= 4 is 5.69 Å². The number of aromatic nitrogens is 2. The second-order valence-corrected chi connectivity index (χ2v) is 3.47. The van der Waals surface area contributed by atoms with Crippen molar-refractivity contribution in [1.82, 2.24) is 9.97 Å². The molecule has 5 nitrogen and oxygen atoms in total. The zero-order valence-corrected chi connectivity index (χ0v) is 9.65. The predicted octanol–water partition coefficient (Wildman–Crippen LogP) is 1.49. The molecule has 0 saturated heterocycles. The van der Waals surface area contributed by atoms with Crippen LogP contribution in [0.4, 0.5) is 5.69 Å². The Balaban J connectivity index is 2.48. The Morgan fingerprint density at radius 1 is 1.35 bits per heavy atom. The highest BCUT2D eigenvalue weighted by Gasteiger charge is 2.03. The maximum atomic E-state index is 11.4. The van der Waals surface area contributed by atoms with Gasteiger partial charge in [0.05, 0.1) is 7.11 Å². The third-order valence-electron chi connectivity index (χ3n) is 2.45. The fraction of sp³-hybridized carbons (Fsp3) is 0.167. The van der Waals surface area contributed by atoms with Crippen molar-refractivity contribution in [3.63, 3.8) is 0 Å². The van der Waals surface area contributed by atoms with E-state index in [9.17, 15) is 4.79 Å². The minimum atomic E-state index is -0.141. The van der Waals surface area contributed by atoms with E-state index in [1.165, 1.54) is 0 Å². The molecule has 0 radical (unpaired) electrons. The number of H-pyrrole nitrogens is 1. The summed E-state index contributed by atoms with van der Waals surface area (Å²) in [7, 11) is 3.28. The first-order valence-corrected chi connectivity index (χ1v) is 5.15. The van der Waals surface area contributed by atoms with Crippen LogP contribution in [0.5, 0.6) is 5.88 Å². The first-order chi connectivity index (χ1) is 8.24. The Kier molecular flexibility index (Phi) is 3.09. The van der Waals surface area contributed by atoms with Crippen LogP contribution in [0.3, 0.4) is 0 Å². The molecule has 0 atom stereocenters. The SMILES string of the molecule is CNc1cc(-c2ccnc(OC)c2)c[nH]c1=O. The number of nitrogens with one attached hydrogen (secondary N) is 2. The summed E-state index contributed by atoms with van der Waals surface area (Å²) in [5.41, 5.74) is 2.22. The fourth-order valence-electron chi connectivity index (χ4n) is 1.54. The highest BCUT2D eigenvalue weighted by molar-refractivity contribution is 5.67. The van der Waals surface area contributed by atoms with E-state index in [-0.39, 0.29) is 5.56 Å². The highest BCUT2D eigenvalue weighted by Crippen LogP contribution is 2.22. The van der Waals surface area contributed by atoms with Crippen molar-refractivity contribution < 1.29 is 4.74 Å². The first-order valence-electron chi connectivity index (χ1n) is 5.15. The number of pyridine rings is 2. The van der Waals surface area contributed by atoms with Gasteiger partial charge in [-0.15, -0.1) is 0 Å². The van der Waals surface area contributed by atoms with Gasteiger partial charge in [0.2, 0.25) is 5.88 Å². The molecule has 2 N–H and O–H groups in total. The molecule has 0 saturated carbocycles. The minimum absolute atomic E-state index is 0.141. The average Bonchev–Trinajstić information content (AvgIpc) is 2.39. The van der Waals surface area contributed by atoms with E-state index in [4.69, 9.17) is 4.74 Å². The summed E-state index contributed by atoms with van der Waals surface area (Å²) in [5, 5.41) is 2.84. The molecular weight excluding hydrogens is 218 g/mol. The lowest BCUT2D eigenvalue weighted by Gasteiger charge is -2.05. The third kappa shape index (κ3) is 2.28. The number of hydrogen-bond donors (Lipinski definition) is 2. The van der Waals surface area contributed by atoms with Crippen LogP contribution in [0.15, 0.2) is 35.4 Å². The van der Waals surface area contributed by atoms with Crippen LogP contribution in [0, 0.1) is 0 Å². The first kappa shape index (κ1) is 11.2. The number of rotatable bonds is 3. The lowest BCUT2D eigenvalue weighted by atomic mass is 10.1. The van der Waals surface area contributed by atoms with Crippen molar-refractivity contribution in [3.8, 4) is 17.0 Å². The van der Waals surface area contributed by atoms with Gasteiger partial charge in [0, 0.05) is 31.1 Å². The molecule has 0 spiro atoms. The molecule has 0 unspecified atom stereocenters. The summed E-state index contributed by atoms with van der Waals surface area (Å²) in [6.45, 7) is 0. The van der Waals surface area contributed by atoms with Gasteiger partial charge >= 0.3 is 0 Å². The maximum absolute atomic E-state index is 11.4. The van der Waals surface area contributed by atoms with Gasteiger partial charge in [-0.1, -0.05) is 0 Å². The van der Waals surface area contributed by atoms with Gasteiger partial charge in [-0.25, -0.2) is 4.98 Å². The number of methoxy groups -OCH3 is 1. The Morgan fingerprint density at radius 2 is 2.18 bits per heavy atom. The predicted molar refractivity (Wildman–Crippen MR) is 66.4 cm³/mol. The van der Waals surface area contributed by atoms with Crippen LogP contribution < -0.4 is 15.6 Å². The van der Waals surface area contributed by atoms with Crippen LogP contribution in [0.25, 0.3) is 11.1 Å². The van der Waals surface area contributed by atoms with Gasteiger partial charge in [-0.3, -0.25) is 4.79 Å². The molecule has 2 aromatic heterocycles. The van der Waals surface area contributed by atoms with Crippen LogP contribution in [0.2, 0.25) is 0 Å². The van der Waals surface area contributed by atoms with E-state index in [0.29, 0.717) is 11.6 Å². The molecule has 0 aliphatic heterocycles. The summed E-state index contributed by atoms with van der Waals surface area (Å²) in [6.07, 6.45) is 3.33. The summed E-state index contributed by atoms with van der Waals surface area (Å²) >= 11 is 0. The molecule has 17 heavy (non-hydrogen) atoms. The topological polar surface area (TPSA) is 67.0 Å². The van der Waals surface area contributed by atoms with Crippen LogP contribution in [-0.4, -0.2) is 24.1 Å². The molecule has 5 heteroatoms. The standard InChI is InChI=1S/C12H13N3O2/c1-13-10-5-9(7-15-12(10)16)8-3-4-14-11(6-8)17-2/h3-7,13H,1-2H3,(H,15,16). The van der Waals surface area contributed by atoms with E-state index in [2.05, 4.69) is 15.3 Å². The molecule has 0 aliphatic rings. The monoisotopic (exact) mass is 231 g/mol. The lowest BCUT2D eigenvalue weighted by molar-refractivity contribution is 0.398. The molecule has 0 amide bonds. The van der Waals surface area contributed by atoms with Crippen molar-refractivity contribution in [3.05, 3.63) is 40.9 Å². The largest absolute Gasteiger partial charge is 0.481 e. The highest BCUT2D eigenvalue weighted by atomic mass is 16.5. The second-order valence-electron chi connectivity index (χ2n) is 3.47. The van der Waals surface area contributed by atoms with E-state index in [0.717, 1.165) is 11.1 Å². The smallest absolute Gasteiger partial charge is 0.271 e. The van der Waals surface area contributed by atoms with Crippen LogP contribution in [-0.2, 0) is 0 Å². The van der Waals surface area contributed by atoms with E-state index < -0.39 is 0 Å². The maximum Gasteiger partial charge on any atom is 0.271 e. The van der Waals surface area contributed by atoms with Gasteiger partial charge in [0.25, 0.3) is 5.56 Å². The number of ether oxygens (including phenoxy) is 1. The normalized spacial score (nSPS) is 10.0. The lowest BCUT2D eigenvalue weighted by Crippen LogP contribution is -2.10. The number of aromatic amines is 1. The van der Waals surface area contributed by atoms with Crippen molar-refractivity contribution in [2.24, 2.45) is 0 Å². The molecule has 88 valence electrons. The van der Waals surface area contributed by atoms with Crippen LogP contribution >= 0.6 is 0 Å². The molecule has 0 bridgehead atoms. The third-order valence-corrected chi connectivity index (χ3v) is 2.45. The number of anilines is 1. The minimum Gasteiger partial charge on any atom is -0.481 e. The molecule has 2 rings (SSSR count). The van der Waals surface area contributed by atoms with Gasteiger partial charge in [0.15, 0.2) is 0 Å². The quantitative estimate of drug-likeness (QED) is 0.839. The molecular formula is C12H13N3O2. The summed E-state index contributed by atoms with van der Waals surface area (Å²) in [5.74, 6) is 0.541. The van der Waals surface area contributed by atoms with E-state index >= 15 is 0 Å². The van der Waals surface area contributed by atoms with Gasteiger partial charge in [0.1, 0.15) is 5.69 Å². The van der Waals surface area contributed by atoms with Crippen LogP contribution in [0.1, 0.15) is 0 Å². The molecule has 0 fully saturated rings.